The highest BCUT2D eigenvalue weighted by Gasteiger charge is 2.50. The fraction of sp³-hybridized carbons (Fsp3) is 0.387. The minimum Gasteiger partial charge on any atom is -0.448 e. The van der Waals surface area contributed by atoms with Crippen LogP contribution in [0.5, 0.6) is 0 Å². The number of ether oxygens (including phenoxy) is 1. The van der Waals surface area contributed by atoms with Gasteiger partial charge in [0, 0.05) is 30.8 Å². The van der Waals surface area contributed by atoms with Crippen LogP contribution in [0, 0.1) is 0 Å². The number of carbonyl (C=O) groups is 1. The molecule has 2 atom stereocenters. The van der Waals surface area contributed by atoms with E-state index in [1.807, 2.05) is 48.5 Å². The van der Waals surface area contributed by atoms with E-state index >= 15 is 0 Å². The first-order valence-corrected chi connectivity index (χ1v) is 13.5. The van der Waals surface area contributed by atoms with Crippen LogP contribution in [0.15, 0.2) is 66.7 Å². The van der Waals surface area contributed by atoms with E-state index in [0.29, 0.717) is 25.0 Å². The third kappa shape index (κ3) is 4.96. The predicted molar refractivity (Wildman–Crippen MR) is 138 cm³/mol. The van der Waals surface area contributed by atoms with Crippen molar-refractivity contribution >= 4 is 6.09 Å². The lowest BCUT2D eigenvalue weighted by atomic mass is 9.72. The normalized spacial score (nSPS) is 24.1. The van der Waals surface area contributed by atoms with Gasteiger partial charge in [-0.25, -0.2) is 4.79 Å². The molecular weight excluding hydrogens is 548 g/mol. The molecule has 1 N–H and O–H groups in total. The SMILES string of the molecule is O=C(OCC1c2ccccc2-c2ccccc21)N1C2CCCC1CC(O)(c1cc(C(F)(F)F)cc(C(F)(F)F)c1)C2. The summed E-state index contributed by atoms with van der Waals surface area (Å²) in [6.07, 6.45) is -9.40. The van der Waals surface area contributed by atoms with E-state index in [2.05, 4.69) is 0 Å². The summed E-state index contributed by atoms with van der Waals surface area (Å²) in [4.78, 5) is 15.0. The molecular formula is C31H27F6NO3. The molecule has 2 bridgehead atoms. The van der Waals surface area contributed by atoms with Crippen molar-refractivity contribution in [2.75, 3.05) is 6.61 Å². The van der Waals surface area contributed by atoms with E-state index in [0.717, 1.165) is 28.7 Å². The highest BCUT2D eigenvalue weighted by atomic mass is 19.4. The van der Waals surface area contributed by atoms with Crippen LogP contribution < -0.4 is 0 Å². The van der Waals surface area contributed by atoms with Gasteiger partial charge in [0.1, 0.15) is 6.61 Å². The number of alkyl halides is 6. The van der Waals surface area contributed by atoms with Gasteiger partial charge < -0.3 is 14.7 Å². The van der Waals surface area contributed by atoms with Gasteiger partial charge in [0.05, 0.1) is 16.7 Å². The van der Waals surface area contributed by atoms with E-state index in [-0.39, 0.29) is 31.4 Å². The summed E-state index contributed by atoms with van der Waals surface area (Å²) in [6.45, 7) is 0.0790. The molecule has 216 valence electrons. The first kappa shape index (κ1) is 27.6. The quantitative estimate of drug-likeness (QED) is 0.324. The second-order valence-corrected chi connectivity index (χ2v) is 11.2. The Morgan fingerprint density at radius 3 is 1.80 bits per heavy atom. The van der Waals surface area contributed by atoms with Gasteiger partial charge in [-0.15, -0.1) is 0 Å². The van der Waals surface area contributed by atoms with Gasteiger partial charge in [-0.05, 0) is 65.3 Å². The number of amides is 1. The van der Waals surface area contributed by atoms with Crippen LogP contribution >= 0.6 is 0 Å². The first-order chi connectivity index (χ1) is 19.3. The molecule has 0 aromatic heterocycles. The van der Waals surface area contributed by atoms with Crippen molar-refractivity contribution in [3.8, 4) is 11.1 Å². The predicted octanol–water partition coefficient (Wildman–Crippen LogP) is 7.88. The zero-order chi connectivity index (χ0) is 29.2. The molecule has 41 heavy (non-hydrogen) atoms. The maximum atomic E-state index is 13.5. The minimum atomic E-state index is -5.02. The van der Waals surface area contributed by atoms with Crippen LogP contribution in [-0.2, 0) is 22.7 Å². The van der Waals surface area contributed by atoms with Crippen LogP contribution in [0.3, 0.4) is 0 Å². The zero-order valence-electron chi connectivity index (χ0n) is 21.8. The number of piperidine rings is 2. The van der Waals surface area contributed by atoms with Crippen molar-refractivity contribution in [1.29, 1.82) is 0 Å². The molecule has 6 rings (SSSR count). The van der Waals surface area contributed by atoms with Crippen molar-refractivity contribution in [3.63, 3.8) is 0 Å². The lowest BCUT2D eigenvalue weighted by molar-refractivity contribution is -0.143. The Bertz CT molecular complexity index is 1390. The summed E-state index contributed by atoms with van der Waals surface area (Å²) in [5.41, 5.74) is -1.12. The number of fused-ring (bicyclic) bond motifs is 5. The number of benzene rings is 3. The number of halogens is 6. The van der Waals surface area contributed by atoms with Gasteiger partial charge in [0.15, 0.2) is 0 Å². The van der Waals surface area contributed by atoms with Crippen molar-refractivity contribution in [1.82, 2.24) is 4.90 Å². The molecule has 3 aliphatic rings. The Kier molecular flexibility index (Phi) is 6.60. The second-order valence-electron chi connectivity index (χ2n) is 11.2. The van der Waals surface area contributed by atoms with Crippen molar-refractivity contribution in [2.45, 2.75) is 68.1 Å². The lowest BCUT2D eigenvalue weighted by Gasteiger charge is -2.51. The first-order valence-electron chi connectivity index (χ1n) is 13.5. The molecule has 2 unspecified atom stereocenters. The zero-order valence-corrected chi connectivity index (χ0v) is 21.8. The van der Waals surface area contributed by atoms with Gasteiger partial charge in [-0.3, -0.25) is 0 Å². The number of aliphatic hydroxyl groups is 1. The fourth-order valence-corrected chi connectivity index (χ4v) is 6.86. The smallest absolute Gasteiger partial charge is 0.416 e. The summed E-state index contributed by atoms with van der Waals surface area (Å²) in [5.74, 6) is -0.168. The van der Waals surface area contributed by atoms with E-state index in [1.165, 1.54) is 4.90 Å². The van der Waals surface area contributed by atoms with Crippen LogP contribution in [0.1, 0.15) is 65.8 Å². The molecule has 0 radical (unpaired) electrons. The van der Waals surface area contributed by atoms with Crippen LogP contribution in [0.25, 0.3) is 11.1 Å². The number of hydrogen-bond acceptors (Lipinski definition) is 3. The van der Waals surface area contributed by atoms with E-state index in [9.17, 15) is 36.2 Å². The number of rotatable bonds is 3. The molecule has 2 fully saturated rings. The Morgan fingerprint density at radius 2 is 1.32 bits per heavy atom. The Morgan fingerprint density at radius 1 is 0.829 bits per heavy atom. The molecule has 3 aromatic carbocycles. The number of nitrogens with zero attached hydrogens (tertiary/aromatic N) is 1. The number of carbonyl (C=O) groups excluding carboxylic acids is 1. The molecule has 10 heteroatoms. The summed E-state index contributed by atoms with van der Waals surface area (Å²) in [5, 5.41) is 11.5. The van der Waals surface area contributed by atoms with Crippen LogP contribution in [0.4, 0.5) is 31.1 Å². The maximum absolute atomic E-state index is 13.5. The minimum absolute atomic E-state index is 0.0551. The van der Waals surface area contributed by atoms with Crippen LogP contribution in [0.2, 0.25) is 0 Å². The summed E-state index contributed by atoms with van der Waals surface area (Å²) >= 11 is 0. The molecule has 0 spiro atoms. The summed E-state index contributed by atoms with van der Waals surface area (Å²) < 4.78 is 86.9. The molecule has 2 aliphatic heterocycles. The Hall–Kier alpha value is -3.53. The van der Waals surface area contributed by atoms with Crippen LogP contribution in [-0.4, -0.2) is 34.8 Å². The van der Waals surface area contributed by atoms with Gasteiger partial charge in [-0.2, -0.15) is 26.3 Å². The molecule has 0 saturated carbocycles. The van der Waals surface area contributed by atoms with Crippen molar-refractivity contribution < 1.29 is 41.0 Å². The third-order valence-electron chi connectivity index (χ3n) is 8.68. The lowest BCUT2D eigenvalue weighted by Crippen LogP contribution is -2.59. The molecule has 3 aromatic rings. The van der Waals surface area contributed by atoms with E-state index in [1.54, 1.807) is 0 Å². The Labute approximate surface area is 232 Å². The van der Waals surface area contributed by atoms with Gasteiger partial charge in [0.25, 0.3) is 0 Å². The topological polar surface area (TPSA) is 49.8 Å². The monoisotopic (exact) mass is 575 g/mol. The van der Waals surface area contributed by atoms with E-state index < -0.39 is 52.8 Å². The fourth-order valence-electron chi connectivity index (χ4n) is 6.86. The summed E-state index contributed by atoms with van der Waals surface area (Å²) in [6, 6.07) is 15.8. The molecule has 1 amide bonds. The standard InChI is InChI=1S/C31H27F6NO3/c32-30(33,34)19-12-18(13-20(14-19)31(35,36)37)29(40)15-21-6-5-7-22(16-29)38(21)28(39)41-17-27-25-10-3-1-8-23(25)24-9-2-4-11-26(24)27/h1-4,8-14,21-22,27,40H,5-7,15-17H2. The maximum Gasteiger partial charge on any atom is 0.416 e. The number of hydrogen-bond donors (Lipinski definition) is 1. The molecule has 2 heterocycles. The van der Waals surface area contributed by atoms with Gasteiger partial charge >= 0.3 is 18.4 Å². The van der Waals surface area contributed by atoms with Crippen molar-refractivity contribution in [2.24, 2.45) is 0 Å². The van der Waals surface area contributed by atoms with Gasteiger partial charge in [-0.1, -0.05) is 48.5 Å². The Balaban J connectivity index is 1.24. The highest BCUT2D eigenvalue weighted by molar-refractivity contribution is 5.79. The largest absolute Gasteiger partial charge is 0.448 e. The average Bonchev–Trinajstić information content (AvgIpc) is 3.23. The van der Waals surface area contributed by atoms with Crippen molar-refractivity contribution in [3.05, 3.63) is 94.5 Å². The third-order valence-corrected chi connectivity index (χ3v) is 8.68. The molecule has 4 nitrogen and oxygen atoms in total. The van der Waals surface area contributed by atoms with Gasteiger partial charge in [0.2, 0.25) is 0 Å². The average molecular weight is 576 g/mol. The van der Waals surface area contributed by atoms with E-state index in [4.69, 9.17) is 4.74 Å². The molecule has 2 saturated heterocycles. The second kappa shape index (κ2) is 9.79. The highest BCUT2D eigenvalue weighted by Crippen LogP contribution is 2.48. The summed E-state index contributed by atoms with van der Waals surface area (Å²) in [7, 11) is 0. The molecule has 1 aliphatic carbocycles.